The van der Waals surface area contributed by atoms with Gasteiger partial charge in [0.15, 0.2) is 18.0 Å². The molecule has 0 bridgehead atoms. The average molecular weight is 244 g/mol. The Kier molecular flexibility index (Phi) is 5.82. The van der Waals surface area contributed by atoms with Gasteiger partial charge in [-0.1, -0.05) is 20.8 Å². The molecule has 0 aliphatic heterocycles. The number of Topliss-reactive ketones (excluding diaryl/α,β-unsaturated/α-hetero) is 1. The van der Waals surface area contributed by atoms with Crippen LogP contribution in [0.3, 0.4) is 0 Å². The van der Waals surface area contributed by atoms with Gasteiger partial charge in [-0.25, -0.2) is 4.79 Å². The lowest BCUT2D eigenvalue weighted by Crippen LogP contribution is -2.37. The second-order valence-corrected chi connectivity index (χ2v) is 5.52. The third-order valence-corrected chi connectivity index (χ3v) is 2.21. The van der Waals surface area contributed by atoms with Gasteiger partial charge in [0.25, 0.3) is 0 Å². The molecule has 0 heterocycles. The molecule has 17 heavy (non-hydrogen) atoms. The van der Waals surface area contributed by atoms with Crippen LogP contribution in [0.25, 0.3) is 0 Å². The van der Waals surface area contributed by atoms with Crippen molar-refractivity contribution < 1.29 is 19.1 Å². The van der Waals surface area contributed by atoms with E-state index in [1.807, 2.05) is 13.8 Å². The minimum atomic E-state index is -0.735. The van der Waals surface area contributed by atoms with Crippen LogP contribution in [0.2, 0.25) is 0 Å². The third-order valence-electron chi connectivity index (χ3n) is 2.21. The first-order valence-corrected chi connectivity index (χ1v) is 5.96. The Hall–Kier alpha value is -0.900. The normalized spacial score (nSPS) is 15.5. The first-order valence-electron chi connectivity index (χ1n) is 5.96. The number of hydrogen-bond donors (Lipinski definition) is 0. The summed E-state index contributed by atoms with van der Waals surface area (Å²) in [6.45, 7) is 12.3. The maximum atomic E-state index is 11.8. The van der Waals surface area contributed by atoms with E-state index in [0.29, 0.717) is 0 Å². The standard InChI is InChI=1S/C13H24O4/c1-8(2)16-10(4)12(15)17-9(3)11(14)13(5,6)7/h8-10H,1-7H3. The van der Waals surface area contributed by atoms with Gasteiger partial charge in [-0.2, -0.15) is 0 Å². The van der Waals surface area contributed by atoms with Gasteiger partial charge >= 0.3 is 5.97 Å². The Labute approximate surface area is 104 Å². The molecule has 0 spiro atoms. The molecule has 0 aromatic rings. The van der Waals surface area contributed by atoms with Crippen molar-refractivity contribution >= 4 is 11.8 Å². The quantitative estimate of drug-likeness (QED) is 0.697. The minimum Gasteiger partial charge on any atom is -0.453 e. The summed E-state index contributed by atoms with van der Waals surface area (Å²) < 4.78 is 10.4. The van der Waals surface area contributed by atoms with E-state index < -0.39 is 23.6 Å². The van der Waals surface area contributed by atoms with Crippen molar-refractivity contribution in [2.75, 3.05) is 0 Å². The Morgan fingerprint density at radius 3 is 1.76 bits per heavy atom. The van der Waals surface area contributed by atoms with Crippen LogP contribution in [-0.2, 0) is 19.1 Å². The fourth-order valence-electron chi connectivity index (χ4n) is 1.40. The third kappa shape index (κ3) is 5.82. The molecule has 0 radical (unpaired) electrons. The van der Waals surface area contributed by atoms with Crippen LogP contribution in [0.4, 0.5) is 0 Å². The van der Waals surface area contributed by atoms with Crippen molar-refractivity contribution in [3.63, 3.8) is 0 Å². The summed E-state index contributed by atoms with van der Waals surface area (Å²) in [6.07, 6.45) is -1.43. The zero-order valence-corrected chi connectivity index (χ0v) is 11.9. The van der Waals surface area contributed by atoms with E-state index in [1.54, 1.807) is 34.6 Å². The second kappa shape index (κ2) is 6.15. The average Bonchev–Trinajstić information content (AvgIpc) is 2.13. The predicted octanol–water partition coefficient (Wildman–Crippen LogP) is 2.35. The molecule has 4 nitrogen and oxygen atoms in total. The molecule has 0 saturated carbocycles. The molecule has 0 saturated heterocycles. The molecule has 0 aromatic carbocycles. The van der Waals surface area contributed by atoms with Crippen LogP contribution in [0.1, 0.15) is 48.5 Å². The summed E-state index contributed by atoms with van der Waals surface area (Å²) >= 11 is 0. The van der Waals surface area contributed by atoms with E-state index in [0.717, 1.165) is 0 Å². The highest BCUT2D eigenvalue weighted by molar-refractivity contribution is 5.89. The molecule has 0 aliphatic rings. The maximum absolute atomic E-state index is 11.8. The number of carbonyl (C=O) groups excluding carboxylic acids is 2. The van der Waals surface area contributed by atoms with E-state index in [2.05, 4.69) is 0 Å². The summed E-state index contributed by atoms with van der Waals surface area (Å²) in [5.41, 5.74) is -0.512. The van der Waals surface area contributed by atoms with Gasteiger partial charge in [0.05, 0.1) is 6.10 Å². The van der Waals surface area contributed by atoms with Gasteiger partial charge in [0.2, 0.25) is 0 Å². The van der Waals surface area contributed by atoms with Gasteiger partial charge in [-0.3, -0.25) is 4.79 Å². The highest BCUT2D eigenvalue weighted by Gasteiger charge is 2.30. The summed E-state index contributed by atoms with van der Waals surface area (Å²) in [7, 11) is 0. The van der Waals surface area contributed by atoms with Crippen molar-refractivity contribution in [3.8, 4) is 0 Å². The molecule has 0 N–H and O–H groups in total. The molecule has 0 amide bonds. The number of rotatable bonds is 5. The number of ether oxygens (including phenoxy) is 2. The SMILES string of the molecule is CC(C)OC(C)C(=O)OC(C)C(=O)C(C)(C)C. The number of carbonyl (C=O) groups is 2. The zero-order chi connectivity index (χ0) is 13.8. The van der Waals surface area contributed by atoms with E-state index in [9.17, 15) is 9.59 Å². The fourth-order valence-corrected chi connectivity index (χ4v) is 1.40. The van der Waals surface area contributed by atoms with Crippen molar-refractivity contribution in [2.45, 2.75) is 66.8 Å². The van der Waals surface area contributed by atoms with Crippen LogP contribution in [0.5, 0.6) is 0 Å². The molecule has 2 unspecified atom stereocenters. The second-order valence-electron chi connectivity index (χ2n) is 5.52. The maximum Gasteiger partial charge on any atom is 0.335 e. The van der Waals surface area contributed by atoms with Crippen LogP contribution in [-0.4, -0.2) is 30.1 Å². The van der Waals surface area contributed by atoms with E-state index in [1.165, 1.54) is 0 Å². The lowest BCUT2D eigenvalue weighted by molar-refractivity contribution is -0.168. The Bertz CT molecular complexity index is 276. The molecular formula is C13H24O4. The Balaban J connectivity index is 4.35. The summed E-state index contributed by atoms with van der Waals surface area (Å²) in [5, 5.41) is 0. The highest BCUT2D eigenvalue weighted by Crippen LogP contribution is 2.18. The molecule has 0 aromatic heterocycles. The van der Waals surface area contributed by atoms with Gasteiger partial charge in [-0.05, 0) is 27.7 Å². The van der Waals surface area contributed by atoms with Crippen LogP contribution < -0.4 is 0 Å². The molecule has 100 valence electrons. The van der Waals surface area contributed by atoms with E-state index in [-0.39, 0.29) is 11.9 Å². The Morgan fingerprint density at radius 2 is 1.41 bits per heavy atom. The van der Waals surface area contributed by atoms with Crippen molar-refractivity contribution in [1.29, 1.82) is 0 Å². The first kappa shape index (κ1) is 16.1. The minimum absolute atomic E-state index is 0.0498. The number of ketones is 1. The highest BCUT2D eigenvalue weighted by atomic mass is 16.6. The van der Waals surface area contributed by atoms with Crippen molar-refractivity contribution in [3.05, 3.63) is 0 Å². The lowest BCUT2D eigenvalue weighted by atomic mass is 9.88. The zero-order valence-electron chi connectivity index (χ0n) is 11.9. The number of esters is 1. The lowest BCUT2D eigenvalue weighted by Gasteiger charge is -2.23. The van der Waals surface area contributed by atoms with E-state index >= 15 is 0 Å². The van der Waals surface area contributed by atoms with Gasteiger partial charge in [0.1, 0.15) is 0 Å². The molecule has 2 atom stereocenters. The largest absolute Gasteiger partial charge is 0.453 e. The molecule has 0 rings (SSSR count). The topological polar surface area (TPSA) is 52.6 Å². The molecule has 0 aliphatic carbocycles. The molecule has 4 heteroatoms. The van der Waals surface area contributed by atoms with Crippen molar-refractivity contribution in [2.24, 2.45) is 5.41 Å². The van der Waals surface area contributed by atoms with E-state index in [4.69, 9.17) is 9.47 Å². The molecular weight excluding hydrogens is 220 g/mol. The van der Waals surface area contributed by atoms with Gasteiger partial charge in [-0.15, -0.1) is 0 Å². The van der Waals surface area contributed by atoms with Crippen LogP contribution in [0, 0.1) is 5.41 Å². The Morgan fingerprint density at radius 1 is 0.941 bits per heavy atom. The predicted molar refractivity (Wildman–Crippen MR) is 65.7 cm³/mol. The number of hydrogen-bond acceptors (Lipinski definition) is 4. The fraction of sp³-hybridized carbons (Fsp3) is 0.846. The monoisotopic (exact) mass is 244 g/mol. The summed E-state index contributed by atoms with van der Waals surface area (Å²) in [5.74, 6) is -0.591. The molecule has 0 fully saturated rings. The smallest absolute Gasteiger partial charge is 0.335 e. The van der Waals surface area contributed by atoms with Crippen LogP contribution >= 0.6 is 0 Å². The summed E-state index contributed by atoms with van der Waals surface area (Å²) in [6, 6.07) is 0. The van der Waals surface area contributed by atoms with Gasteiger partial charge in [0, 0.05) is 5.41 Å². The van der Waals surface area contributed by atoms with Gasteiger partial charge < -0.3 is 9.47 Å². The summed E-state index contributed by atoms with van der Waals surface area (Å²) in [4.78, 5) is 23.4. The van der Waals surface area contributed by atoms with Crippen molar-refractivity contribution in [1.82, 2.24) is 0 Å². The first-order chi connectivity index (χ1) is 7.55. The van der Waals surface area contributed by atoms with Crippen LogP contribution in [0.15, 0.2) is 0 Å².